The predicted molar refractivity (Wildman–Crippen MR) is 53.4 cm³/mol. The van der Waals surface area contributed by atoms with Crippen molar-refractivity contribution in [2.24, 2.45) is 5.41 Å². The van der Waals surface area contributed by atoms with Crippen molar-refractivity contribution >= 4 is 0 Å². The monoisotopic (exact) mass is 170 g/mol. The molecule has 0 aliphatic carbocycles. The van der Waals surface area contributed by atoms with Gasteiger partial charge >= 0.3 is 0 Å². The minimum atomic E-state index is 0.741. The molecule has 0 saturated carbocycles. The van der Waals surface area contributed by atoms with Crippen molar-refractivity contribution in [3.05, 3.63) is 0 Å². The topological polar surface area (TPSA) is 6.48 Å². The van der Waals surface area contributed by atoms with Gasteiger partial charge in [0.2, 0.25) is 0 Å². The average Bonchev–Trinajstić information content (AvgIpc) is 1.98. The molecule has 2 aliphatic heterocycles. The smallest absolute Gasteiger partial charge is 0.0212 e. The first-order chi connectivity index (χ1) is 5.74. The van der Waals surface area contributed by atoms with Gasteiger partial charge in [-0.3, -0.25) is 0 Å². The molecule has 0 amide bonds. The zero-order valence-corrected chi connectivity index (χ0v) is 8.93. The summed E-state index contributed by atoms with van der Waals surface area (Å²) in [6.07, 6.45) is 0. The Morgan fingerprint density at radius 2 is 1.58 bits per heavy atom. The SMILES string of the molecule is CC.CCN1CC2(CN(C)C2)C1. The van der Waals surface area contributed by atoms with Crippen LogP contribution in [0, 0.1) is 5.41 Å². The summed E-state index contributed by atoms with van der Waals surface area (Å²) in [5.41, 5.74) is 0.741. The molecule has 0 aromatic carbocycles. The Labute approximate surface area is 76.5 Å². The molecule has 2 heteroatoms. The van der Waals surface area contributed by atoms with E-state index in [0.717, 1.165) is 5.41 Å². The summed E-state index contributed by atoms with van der Waals surface area (Å²) in [7, 11) is 2.21. The van der Waals surface area contributed by atoms with E-state index in [1.807, 2.05) is 13.8 Å². The maximum atomic E-state index is 2.52. The lowest BCUT2D eigenvalue weighted by atomic mass is 9.73. The quantitative estimate of drug-likeness (QED) is 0.585. The fraction of sp³-hybridized carbons (Fsp3) is 1.00. The van der Waals surface area contributed by atoms with Crippen LogP contribution in [0.1, 0.15) is 20.8 Å². The second-order valence-corrected chi connectivity index (χ2v) is 3.98. The van der Waals surface area contributed by atoms with E-state index in [1.54, 1.807) is 0 Å². The fourth-order valence-electron chi connectivity index (χ4n) is 2.42. The van der Waals surface area contributed by atoms with E-state index < -0.39 is 0 Å². The molecule has 2 aliphatic rings. The molecule has 2 fully saturated rings. The van der Waals surface area contributed by atoms with Crippen LogP contribution in [0.25, 0.3) is 0 Å². The van der Waals surface area contributed by atoms with Gasteiger partial charge in [0.1, 0.15) is 0 Å². The number of nitrogens with zero attached hydrogens (tertiary/aromatic N) is 2. The summed E-state index contributed by atoms with van der Waals surface area (Å²) >= 11 is 0. The first kappa shape index (κ1) is 10.0. The van der Waals surface area contributed by atoms with E-state index >= 15 is 0 Å². The van der Waals surface area contributed by atoms with Gasteiger partial charge in [0.25, 0.3) is 0 Å². The minimum absolute atomic E-state index is 0.741. The summed E-state index contributed by atoms with van der Waals surface area (Å²) in [6.45, 7) is 12.9. The summed E-state index contributed by atoms with van der Waals surface area (Å²) in [4.78, 5) is 4.93. The van der Waals surface area contributed by atoms with Gasteiger partial charge in [-0.15, -0.1) is 0 Å². The van der Waals surface area contributed by atoms with Crippen LogP contribution in [0.4, 0.5) is 0 Å². The largest absolute Gasteiger partial charge is 0.305 e. The lowest BCUT2D eigenvalue weighted by Gasteiger charge is -2.59. The van der Waals surface area contributed by atoms with E-state index in [4.69, 9.17) is 0 Å². The second kappa shape index (κ2) is 3.75. The molecule has 0 radical (unpaired) electrons. The summed E-state index contributed by atoms with van der Waals surface area (Å²) in [5, 5.41) is 0. The van der Waals surface area contributed by atoms with Crippen LogP contribution >= 0.6 is 0 Å². The van der Waals surface area contributed by atoms with Crippen molar-refractivity contribution in [3.8, 4) is 0 Å². The highest BCUT2D eigenvalue weighted by molar-refractivity contribution is 5.04. The first-order valence-corrected chi connectivity index (χ1v) is 5.15. The lowest BCUT2D eigenvalue weighted by Crippen LogP contribution is -2.70. The van der Waals surface area contributed by atoms with Gasteiger partial charge in [-0.05, 0) is 13.6 Å². The van der Waals surface area contributed by atoms with E-state index in [-0.39, 0.29) is 0 Å². The minimum Gasteiger partial charge on any atom is -0.305 e. The molecule has 2 rings (SSSR count). The highest BCUT2D eigenvalue weighted by Gasteiger charge is 2.49. The molecule has 12 heavy (non-hydrogen) atoms. The maximum absolute atomic E-state index is 2.52. The Bertz CT molecular complexity index is 131. The molecular formula is C10H22N2. The highest BCUT2D eigenvalue weighted by atomic mass is 15.3. The van der Waals surface area contributed by atoms with E-state index in [2.05, 4.69) is 23.8 Å². The van der Waals surface area contributed by atoms with Crippen LogP contribution < -0.4 is 0 Å². The average molecular weight is 170 g/mol. The van der Waals surface area contributed by atoms with Crippen molar-refractivity contribution < 1.29 is 0 Å². The number of rotatable bonds is 1. The lowest BCUT2D eigenvalue weighted by molar-refractivity contribution is -0.102. The molecular weight excluding hydrogens is 148 g/mol. The van der Waals surface area contributed by atoms with Gasteiger partial charge < -0.3 is 9.80 Å². The number of hydrogen-bond donors (Lipinski definition) is 0. The van der Waals surface area contributed by atoms with Crippen molar-refractivity contribution in [1.82, 2.24) is 9.80 Å². The Kier molecular flexibility index (Phi) is 3.13. The Balaban J connectivity index is 0.000000336. The van der Waals surface area contributed by atoms with Crippen LogP contribution in [0.5, 0.6) is 0 Å². The third-order valence-electron chi connectivity index (χ3n) is 2.78. The van der Waals surface area contributed by atoms with Crippen LogP contribution in [0.3, 0.4) is 0 Å². The van der Waals surface area contributed by atoms with Crippen LogP contribution in [0.15, 0.2) is 0 Å². The molecule has 0 aromatic heterocycles. The molecule has 1 spiro atoms. The third-order valence-corrected chi connectivity index (χ3v) is 2.78. The first-order valence-electron chi connectivity index (χ1n) is 5.15. The van der Waals surface area contributed by atoms with Gasteiger partial charge in [-0.2, -0.15) is 0 Å². The Morgan fingerprint density at radius 1 is 1.08 bits per heavy atom. The molecule has 0 aromatic rings. The molecule has 72 valence electrons. The number of likely N-dealkylation sites (tertiary alicyclic amines) is 2. The molecule has 2 saturated heterocycles. The van der Waals surface area contributed by atoms with Gasteiger partial charge in [-0.25, -0.2) is 0 Å². The molecule has 0 atom stereocenters. The Hall–Kier alpha value is -0.0800. The molecule has 0 N–H and O–H groups in total. The third kappa shape index (κ3) is 1.64. The normalized spacial score (nSPS) is 27.0. The van der Waals surface area contributed by atoms with E-state index in [1.165, 1.54) is 32.7 Å². The Morgan fingerprint density at radius 3 is 1.92 bits per heavy atom. The van der Waals surface area contributed by atoms with Gasteiger partial charge in [0, 0.05) is 31.6 Å². The summed E-state index contributed by atoms with van der Waals surface area (Å²) in [6, 6.07) is 0. The standard InChI is InChI=1S/C8H16N2.C2H6/c1-3-10-6-8(7-10)4-9(2)5-8;1-2/h3-7H2,1-2H3;1-2H3. The summed E-state index contributed by atoms with van der Waals surface area (Å²) < 4.78 is 0. The van der Waals surface area contributed by atoms with E-state index in [0.29, 0.717) is 0 Å². The fourth-order valence-corrected chi connectivity index (χ4v) is 2.42. The van der Waals surface area contributed by atoms with Gasteiger partial charge in [-0.1, -0.05) is 20.8 Å². The van der Waals surface area contributed by atoms with Crippen molar-refractivity contribution in [2.75, 3.05) is 39.8 Å². The zero-order valence-electron chi connectivity index (χ0n) is 8.93. The highest BCUT2D eigenvalue weighted by Crippen LogP contribution is 2.37. The molecule has 2 nitrogen and oxygen atoms in total. The number of hydrogen-bond acceptors (Lipinski definition) is 2. The summed E-state index contributed by atoms with van der Waals surface area (Å²) in [5.74, 6) is 0. The zero-order chi connectivity index (χ0) is 9.19. The van der Waals surface area contributed by atoms with Gasteiger partial charge in [0.05, 0.1) is 0 Å². The van der Waals surface area contributed by atoms with Crippen molar-refractivity contribution in [1.29, 1.82) is 0 Å². The van der Waals surface area contributed by atoms with E-state index in [9.17, 15) is 0 Å². The molecule has 0 bridgehead atoms. The van der Waals surface area contributed by atoms with Crippen molar-refractivity contribution in [3.63, 3.8) is 0 Å². The van der Waals surface area contributed by atoms with Crippen LogP contribution in [0.2, 0.25) is 0 Å². The predicted octanol–water partition coefficient (Wildman–Crippen LogP) is 1.28. The molecule has 2 heterocycles. The molecule has 0 unspecified atom stereocenters. The second-order valence-electron chi connectivity index (χ2n) is 3.98. The maximum Gasteiger partial charge on any atom is 0.0212 e. The van der Waals surface area contributed by atoms with Crippen molar-refractivity contribution in [2.45, 2.75) is 20.8 Å². The van der Waals surface area contributed by atoms with Crippen LogP contribution in [-0.2, 0) is 0 Å². The van der Waals surface area contributed by atoms with Crippen LogP contribution in [-0.4, -0.2) is 49.6 Å². The van der Waals surface area contributed by atoms with Gasteiger partial charge in [0.15, 0.2) is 0 Å².